The fraction of sp³-hybridized carbons (Fsp3) is 0.438. The zero-order valence-corrected chi connectivity index (χ0v) is 13.1. The van der Waals surface area contributed by atoms with Crippen LogP contribution in [0.3, 0.4) is 0 Å². The Balaban J connectivity index is 0.000000885. The number of aliphatic carboxylic acids is 1. The lowest BCUT2D eigenvalue weighted by Crippen LogP contribution is -3.19. The van der Waals surface area contributed by atoms with E-state index in [-0.39, 0.29) is 6.04 Å². The standard InChI is InChI=1S/C14H21NO2.C2H4O2/c1-10(2)14(13-8-6-5-7-9-13)15(11(3)16)12(4)17;1-2(3)4/h5-9,11-12,14,16-17H,1H2,2-4H3;1H3,(H,3,4)/p+1. The van der Waals surface area contributed by atoms with Crippen LogP contribution in [0.2, 0.25) is 0 Å². The van der Waals surface area contributed by atoms with Crippen LogP contribution in [0.5, 0.6) is 0 Å². The lowest BCUT2D eigenvalue weighted by Gasteiger charge is -2.33. The van der Waals surface area contributed by atoms with E-state index in [9.17, 15) is 10.2 Å². The van der Waals surface area contributed by atoms with Crippen LogP contribution >= 0.6 is 0 Å². The van der Waals surface area contributed by atoms with E-state index in [4.69, 9.17) is 9.90 Å². The van der Waals surface area contributed by atoms with Crippen LogP contribution < -0.4 is 4.90 Å². The fourth-order valence-corrected chi connectivity index (χ4v) is 2.24. The predicted molar refractivity (Wildman–Crippen MR) is 81.6 cm³/mol. The Labute approximate surface area is 126 Å². The van der Waals surface area contributed by atoms with E-state index >= 15 is 0 Å². The van der Waals surface area contributed by atoms with Crippen molar-refractivity contribution in [2.75, 3.05) is 0 Å². The number of carboxylic acids is 1. The summed E-state index contributed by atoms with van der Waals surface area (Å²) in [4.78, 5) is 9.70. The number of aliphatic hydroxyl groups excluding tert-OH is 2. The van der Waals surface area contributed by atoms with Gasteiger partial charge in [0, 0.05) is 26.3 Å². The molecule has 0 aromatic heterocycles. The van der Waals surface area contributed by atoms with Gasteiger partial charge in [0.25, 0.3) is 5.97 Å². The first kappa shape index (κ1) is 19.3. The summed E-state index contributed by atoms with van der Waals surface area (Å²) < 4.78 is 0. The molecule has 0 fully saturated rings. The third-order valence-corrected chi connectivity index (χ3v) is 2.92. The van der Waals surface area contributed by atoms with Crippen LogP contribution in [0.15, 0.2) is 42.5 Å². The number of aliphatic hydroxyl groups is 2. The Morgan fingerprint density at radius 2 is 1.48 bits per heavy atom. The SMILES string of the molecule is C=C(C)C(c1ccccc1)[NH+](C(C)O)C(C)O.CC(=O)O. The van der Waals surface area contributed by atoms with Crippen LogP contribution in [0.1, 0.15) is 39.3 Å². The van der Waals surface area contributed by atoms with Gasteiger partial charge in [-0.15, -0.1) is 0 Å². The second-order valence-electron chi connectivity index (χ2n) is 5.06. The summed E-state index contributed by atoms with van der Waals surface area (Å²) in [6.45, 7) is 10.3. The molecule has 3 unspecified atom stereocenters. The molecule has 0 heterocycles. The maximum atomic E-state index is 9.83. The number of rotatable bonds is 5. The maximum Gasteiger partial charge on any atom is 0.300 e. The molecule has 1 aromatic carbocycles. The number of hydrogen-bond acceptors (Lipinski definition) is 3. The second-order valence-corrected chi connectivity index (χ2v) is 5.06. The van der Waals surface area contributed by atoms with Crippen molar-refractivity contribution >= 4 is 5.97 Å². The summed E-state index contributed by atoms with van der Waals surface area (Å²) in [6.07, 6.45) is -1.31. The van der Waals surface area contributed by atoms with Gasteiger partial charge in [-0.25, -0.2) is 0 Å². The van der Waals surface area contributed by atoms with Gasteiger partial charge in [0.15, 0.2) is 12.5 Å². The van der Waals surface area contributed by atoms with Gasteiger partial charge in [0.1, 0.15) is 6.04 Å². The molecule has 0 amide bonds. The molecule has 0 saturated carbocycles. The van der Waals surface area contributed by atoms with Crippen molar-refractivity contribution in [2.24, 2.45) is 0 Å². The van der Waals surface area contributed by atoms with Crippen LogP contribution in [0.25, 0.3) is 0 Å². The zero-order valence-electron chi connectivity index (χ0n) is 13.1. The number of carbonyl (C=O) groups is 1. The minimum absolute atomic E-state index is 0.101. The normalized spacial score (nSPS) is 15.9. The quantitative estimate of drug-likeness (QED) is 0.482. The fourth-order valence-electron chi connectivity index (χ4n) is 2.24. The summed E-state index contributed by atoms with van der Waals surface area (Å²) in [5, 5.41) is 27.1. The van der Waals surface area contributed by atoms with E-state index in [0.29, 0.717) is 4.90 Å². The van der Waals surface area contributed by atoms with E-state index in [2.05, 4.69) is 6.58 Å². The number of hydrogen-bond donors (Lipinski definition) is 4. The van der Waals surface area contributed by atoms with E-state index < -0.39 is 18.4 Å². The van der Waals surface area contributed by atoms with Crippen molar-refractivity contribution in [1.29, 1.82) is 0 Å². The Bertz CT molecular complexity index is 431. The monoisotopic (exact) mass is 296 g/mol. The predicted octanol–water partition coefficient (Wildman–Crippen LogP) is 0.956. The third-order valence-electron chi connectivity index (χ3n) is 2.92. The highest BCUT2D eigenvalue weighted by atomic mass is 16.4. The first-order valence-corrected chi connectivity index (χ1v) is 6.81. The molecule has 0 aliphatic heterocycles. The van der Waals surface area contributed by atoms with Gasteiger partial charge in [0.05, 0.1) is 0 Å². The van der Waals surface area contributed by atoms with E-state index in [1.165, 1.54) is 0 Å². The minimum Gasteiger partial charge on any atom is -0.481 e. The van der Waals surface area contributed by atoms with Crippen molar-refractivity contribution in [1.82, 2.24) is 0 Å². The minimum atomic E-state index is -0.833. The molecule has 1 aromatic rings. The molecule has 118 valence electrons. The first-order valence-electron chi connectivity index (χ1n) is 6.81. The average Bonchev–Trinajstić information content (AvgIpc) is 2.34. The van der Waals surface area contributed by atoms with Gasteiger partial charge < -0.3 is 15.3 Å². The average molecular weight is 296 g/mol. The maximum absolute atomic E-state index is 9.83. The molecule has 3 atom stereocenters. The zero-order chi connectivity index (χ0) is 16.6. The van der Waals surface area contributed by atoms with Gasteiger partial charge >= 0.3 is 0 Å². The topological polar surface area (TPSA) is 82.2 Å². The highest BCUT2D eigenvalue weighted by molar-refractivity contribution is 5.62. The molecule has 0 aliphatic carbocycles. The highest BCUT2D eigenvalue weighted by Gasteiger charge is 2.31. The Kier molecular flexibility index (Phi) is 8.54. The lowest BCUT2D eigenvalue weighted by atomic mass is 9.98. The largest absolute Gasteiger partial charge is 0.481 e. The molecule has 0 saturated heterocycles. The Hall–Kier alpha value is -1.69. The van der Waals surface area contributed by atoms with Gasteiger partial charge in [-0.1, -0.05) is 36.9 Å². The smallest absolute Gasteiger partial charge is 0.300 e. The molecular formula is C16H26NO4+. The van der Waals surface area contributed by atoms with Crippen molar-refractivity contribution in [2.45, 2.75) is 46.2 Å². The molecule has 1 rings (SSSR count). The molecule has 0 radical (unpaired) electrons. The summed E-state index contributed by atoms with van der Waals surface area (Å²) in [6, 6.07) is 9.73. The Morgan fingerprint density at radius 3 is 1.76 bits per heavy atom. The van der Waals surface area contributed by atoms with Gasteiger partial charge in [-0.3, -0.25) is 9.69 Å². The van der Waals surface area contributed by atoms with Gasteiger partial charge in [-0.05, 0) is 12.5 Å². The lowest BCUT2D eigenvalue weighted by molar-refractivity contribution is -1.01. The summed E-state index contributed by atoms with van der Waals surface area (Å²) in [5.41, 5.74) is 1.98. The number of benzene rings is 1. The van der Waals surface area contributed by atoms with E-state index in [0.717, 1.165) is 18.1 Å². The van der Waals surface area contributed by atoms with Crippen LogP contribution in [0, 0.1) is 0 Å². The first-order chi connectivity index (χ1) is 9.68. The second kappa shape index (κ2) is 9.28. The Morgan fingerprint density at radius 1 is 1.10 bits per heavy atom. The number of nitrogens with one attached hydrogen (secondary N) is 1. The summed E-state index contributed by atoms with van der Waals surface area (Å²) in [7, 11) is 0. The van der Waals surface area contributed by atoms with Gasteiger partial charge in [0.2, 0.25) is 0 Å². The molecule has 5 nitrogen and oxygen atoms in total. The molecule has 4 N–H and O–H groups in total. The van der Waals surface area contributed by atoms with E-state index in [1.807, 2.05) is 37.3 Å². The third kappa shape index (κ3) is 7.04. The van der Waals surface area contributed by atoms with Crippen molar-refractivity contribution in [3.63, 3.8) is 0 Å². The molecule has 5 heteroatoms. The number of carboxylic acid groups (broad SMARTS) is 1. The molecule has 0 bridgehead atoms. The number of quaternary nitrogens is 1. The van der Waals surface area contributed by atoms with Gasteiger partial charge in [-0.2, -0.15) is 0 Å². The van der Waals surface area contributed by atoms with Crippen molar-refractivity contribution in [3.8, 4) is 0 Å². The van der Waals surface area contributed by atoms with Crippen LogP contribution in [0.4, 0.5) is 0 Å². The molecular weight excluding hydrogens is 270 g/mol. The van der Waals surface area contributed by atoms with E-state index in [1.54, 1.807) is 13.8 Å². The van der Waals surface area contributed by atoms with Crippen LogP contribution in [-0.4, -0.2) is 33.7 Å². The van der Waals surface area contributed by atoms with Crippen molar-refractivity contribution < 1.29 is 25.0 Å². The summed E-state index contributed by atoms with van der Waals surface area (Å²) in [5.74, 6) is -0.833. The molecule has 0 aliphatic rings. The summed E-state index contributed by atoms with van der Waals surface area (Å²) >= 11 is 0. The van der Waals surface area contributed by atoms with Crippen molar-refractivity contribution in [3.05, 3.63) is 48.0 Å². The molecule has 21 heavy (non-hydrogen) atoms. The molecule has 0 spiro atoms. The highest BCUT2D eigenvalue weighted by Crippen LogP contribution is 2.17. The van der Waals surface area contributed by atoms with Crippen LogP contribution in [-0.2, 0) is 4.79 Å².